The first-order valence-corrected chi connectivity index (χ1v) is 7.02. The van der Waals surface area contributed by atoms with Gasteiger partial charge >= 0.3 is 0 Å². The smallest absolute Gasteiger partial charge is 0.230 e. The molecule has 1 fully saturated rings. The van der Waals surface area contributed by atoms with Gasteiger partial charge in [0.25, 0.3) is 0 Å². The average Bonchev–Trinajstić information content (AvgIpc) is 2.50. The first kappa shape index (κ1) is 14.2. The molecule has 110 valence electrons. The minimum absolute atomic E-state index is 0.102. The van der Waals surface area contributed by atoms with Gasteiger partial charge in [-0.05, 0) is 36.2 Å². The largest absolute Gasteiger partial charge is 0.378 e. The number of benzene rings is 1. The van der Waals surface area contributed by atoms with Crippen LogP contribution in [0.4, 0.5) is 10.3 Å². The fourth-order valence-electron chi connectivity index (χ4n) is 2.20. The molecule has 0 N–H and O–H groups in total. The van der Waals surface area contributed by atoms with Crippen molar-refractivity contribution in [2.45, 2.75) is 6.92 Å². The number of hydrogen-bond acceptors (Lipinski definition) is 5. The molecule has 0 saturated carbocycles. The number of aryl methyl sites for hydroxylation is 1. The van der Waals surface area contributed by atoms with Crippen LogP contribution >= 0.6 is 11.6 Å². The lowest BCUT2D eigenvalue weighted by Gasteiger charge is -2.26. The van der Waals surface area contributed by atoms with Gasteiger partial charge in [0.1, 0.15) is 5.82 Å². The van der Waals surface area contributed by atoms with Crippen molar-refractivity contribution in [1.29, 1.82) is 0 Å². The molecule has 0 spiro atoms. The topological polar surface area (TPSA) is 51.1 Å². The molecule has 3 rings (SSSR count). The van der Waals surface area contributed by atoms with Gasteiger partial charge in [-0.1, -0.05) is 6.07 Å². The predicted octanol–water partition coefficient (Wildman–Crippen LogP) is 2.48. The second-order valence-electron chi connectivity index (χ2n) is 4.79. The molecule has 0 bridgehead atoms. The lowest BCUT2D eigenvalue weighted by atomic mass is 10.1. The SMILES string of the molecule is Cc1ccc(F)cc1-c1nc(Cl)nc(N2CCOCC2)n1. The number of hydrogen-bond donors (Lipinski definition) is 0. The van der Waals surface area contributed by atoms with Crippen LogP contribution in [-0.2, 0) is 4.74 Å². The Labute approximate surface area is 126 Å². The Morgan fingerprint density at radius 1 is 1.19 bits per heavy atom. The highest BCUT2D eigenvalue weighted by atomic mass is 35.5. The lowest BCUT2D eigenvalue weighted by molar-refractivity contribution is 0.122. The third-order valence-electron chi connectivity index (χ3n) is 3.33. The summed E-state index contributed by atoms with van der Waals surface area (Å²) in [7, 11) is 0. The Morgan fingerprint density at radius 3 is 2.71 bits per heavy atom. The summed E-state index contributed by atoms with van der Waals surface area (Å²) in [5, 5.41) is 0.102. The molecule has 1 aromatic carbocycles. The summed E-state index contributed by atoms with van der Waals surface area (Å²) in [6.07, 6.45) is 0. The Balaban J connectivity index is 2.02. The van der Waals surface area contributed by atoms with Crippen LogP contribution in [0.5, 0.6) is 0 Å². The number of morpholine rings is 1. The third-order valence-corrected chi connectivity index (χ3v) is 3.50. The maximum Gasteiger partial charge on any atom is 0.230 e. The summed E-state index contributed by atoms with van der Waals surface area (Å²) >= 11 is 6.00. The zero-order valence-electron chi connectivity index (χ0n) is 11.5. The molecule has 0 unspecified atom stereocenters. The zero-order valence-corrected chi connectivity index (χ0v) is 12.3. The molecular formula is C14H14ClFN4O. The Kier molecular flexibility index (Phi) is 3.98. The molecule has 21 heavy (non-hydrogen) atoms. The van der Waals surface area contributed by atoms with E-state index in [2.05, 4.69) is 15.0 Å². The zero-order chi connectivity index (χ0) is 14.8. The van der Waals surface area contributed by atoms with Crippen molar-refractivity contribution >= 4 is 17.5 Å². The van der Waals surface area contributed by atoms with Gasteiger partial charge in [-0.25, -0.2) is 4.39 Å². The third kappa shape index (κ3) is 3.11. The molecule has 0 amide bonds. The first-order valence-electron chi connectivity index (χ1n) is 6.64. The molecular weight excluding hydrogens is 295 g/mol. The fraction of sp³-hybridized carbons (Fsp3) is 0.357. The molecule has 5 nitrogen and oxygen atoms in total. The van der Waals surface area contributed by atoms with E-state index < -0.39 is 0 Å². The van der Waals surface area contributed by atoms with E-state index in [1.165, 1.54) is 12.1 Å². The van der Waals surface area contributed by atoms with Crippen molar-refractivity contribution in [3.05, 3.63) is 34.9 Å². The van der Waals surface area contributed by atoms with Crippen molar-refractivity contribution < 1.29 is 9.13 Å². The van der Waals surface area contributed by atoms with Gasteiger partial charge in [-0.2, -0.15) is 15.0 Å². The first-order chi connectivity index (χ1) is 10.1. The van der Waals surface area contributed by atoms with Gasteiger partial charge in [-0.3, -0.25) is 0 Å². The molecule has 1 saturated heterocycles. The number of aromatic nitrogens is 3. The van der Waals surface area contributed by atoms with E-state index in [0.717, 1.165) is 5.56 Å². The second kappa shape index (κ2) is 5.91. The lowest BCUT2D eigenvalue weighted by Crippen LogP contribution is -2.37. The molecule has 0 radical (unpaired) electrons. The van der Waals surface area contributed by atoms with Gasteiger partial charge in [0.15, 0.2) is 5.82 Å². The van der Waals surface area contributed by atoms with E-state index in [0.29, 0.717) is 43.6 Å². The number of nitrogens with zero attached hydrogens (tertiary/aromatic N) is 4. The van der Waals surface area contributed by atoms with Gasteiger partial charge in [0, 0.05) is 18.7 Å². The van der Waals surface area contributed by atoms with Crippen LogP contribution in [0.1, 0.15) is 5.56 Å². The van der Waals surface area contributed by atoms with E-state index in [4.69, 9.17) is 16.3 Å². The maximum atomic E-state index is 13.5. The van der Waals surface area contributed by atoms with Crippen LogP contribution in [0.25, 0.3) is 11.4 Å². The average molecular weight is 309 g/mol. The fourth-order valence-corrected chi connectivity index (χ4v) is 2.36. The van der Waals surface area contributed by atoms with Crippen LogP contribution in [-0.4, -0.2) is 41.3 Å². The molecule has 0 aliphatic carbocycles. The van der Waals surface area contributed by atoms with Crippen molar-refractivity contribution in [2.75, 3.05) is 31.2 Å². The number of rotatable bonds is 2. The monoisotopic (exact) mass is 308 g/mol. The highest BCUT2D eigenvalue weighted by Gasteiger charge is 2.17. The van der Waals surface area contributed by atoms with E-state index >= 15 is 0 Å². The standard InChI is InChI=1S/C14H14ClFN4O/c1-9-2-3-10(16)8-11(9)12-17-13(15)19-14(18-12)20-4-6-21-7-5-20/h2-3,8H,4-7H2,1H3. The summed E-state index contributed by atoms with van der Waals surface area (Å²) in [6, 6.07) is 4.51. The quantitative estimate of drug-likeness (QED) is 0.853. The van der Waals surface area contributed by atoms with E-state index in [9.17, 15) is 4.39 Å². The Hall–Kier alpha value is -1.79. The van der Waals surface area contributed by atoms with Crippen molar-refractivity contribution in [3.63, 3.8) is 0 Å². The molecule has 1 aliphatic heterocycles. The number of ether oxygens (including phenoxy) is 1. The maximum absolute atomic E-state index is 13.5. The number of halogens is 2. The summed E-state index contributed by atoms with van der Waals surface area (Å²) < 4.78 is 18.8. The van der Waals surface area contributed by atoms with Crippen LogP contribution in [0, 0.1) is 12.7 Å². The van der Waals surface area contributed by atoms with Gasteiger partial charge in [0.2, 0.25) is 11.2 Å². The van der Waals surface area contributed by atoms with Crippen LogP contribution < -0.4 is 4.90 Å². The minimum atomic E-state index is -0.333. The van der Waals surface area contributed by atoms with Crippen molar-refractivity contribution in [3.8, 4) is 11.4 Å². The summed E-state index contributed by atoms with van der Waals surface area (Å²) in [5.41, 5.74) is 1.50. The van der Waals surface area contributed by atoms with Crippen LogP contribution in [0.2, 0.25) is 5.28 Å². The highest BCUT2D eigenvalue weighted by molar-refractivity contribution is 6.28. The summed E-state index contributed by atoms with van der Waals surface area (Å²) in [4.78, 5) is 14.7. The molecule has 2 heterocycles. The van der Waals surface area contributed by atoms with Crippen molar-refractivity contribution in [2.24, 2.45) is 0 Å². The number of anilines is 1. The predicted molar refractivity (Wildman–Crippen MR) is 78.0 cm³/mol. The molecule has 1 aliphatic rings. The second-order valence-corrected chi connectivity index (χ2v) is 5.12. The Morgan fingerprint density at radius 2 is 1.95 bits per heavy atom. The Bertz CT molecular complexity index is 661. The van der Waals surface area contributed by atoms with Gasteiger partial charge in [-0.15, -0.1) is 0 Å². The van der Waals surface area contributed by atoms with E-state index in [1.54, 1.807) is 6.07 Å². The van der Waals surface area contributed by atoms with Crippen LogP contribution in [0.15, 0.2) is 18.2 Å². The van der Waals surface area contributed by atoms with Crippen molar-refractivity contribution in [1.82, 2.24) is 15.0 Å². The minimum Gasteiger partial charge on any atom is -0.378 e. The highest BCUT2D eigenvalue weighted by Crippen LogP contribution is 2.24. The van der Waals surface area contributed by atoms with E-state index in [1.807, 2.05) is 11.8 Å². The van der Waals surface area contributed by atoms with Gasteiger partial charge in [0.05, 0.1) is 13.2 Å². The van der Waals surface area contributed by atoms with Crippen LogP contribution in [0.3, 0.4) is 0 Å². The molecule has 1 aromatic heterocycles. The normalized spacial score (nSPS) is 15.3. The van der Waals surface area contributed by atoms with Gasteiger partial charge < -0.3 is 9.64 Å². The molecule has 0 atom stereocenters. The molecule has 2 aromatic rings. The van der Waals surface area contributed by atoms with E-state index in [-0.39, 0.29) is 11.1 Å². The molecule has 7 heteroatoms. The summed E-state index contributed by atoms with van der Waals surface area (Å²) in [5.74, 6) is 0.547. The summed E-state index contributed by atoms with van der Waals surface area (Å²) in [6.45, 7) is 4.51.